The van der Waals surface area contributed by atoms with E-state index in [9.17, 15) is 13.2 Å². The molecule has 0 saturated heterocycles. The summed E-state index contributed by atoms with van der Waals surface area (Å²) < 4.78 is 40.2. The molecule has 1 N–H and O–H groups in total. The van der Waals surface area contributed by atoms with Crippen molar-refractivity contribution < 1.29 is 22.7 Å². The first kappa shape index (κ1) is 21.4. The number of hydrogen-bond acceptors (Lipinski definition) is 5. The first-order valence-corrected chi connectivity index (χ1v) is 10.7. The minimum atomic E-state index is -3.92. The Kier molecular flexibility index (Phi) is 6.41. The molecule has 1 heterocycles. The van der Waals surface area contributed by atoms with Crippen molar-refractivity contribution in [2.75, 3.05) is 19.0 Å². The van der Waals surface area contributed by atoms with Crippen LogP contribution in [0.1, 0.15) is 19.4 Å². The summed E-state index contributed by atoms with van der Waals surface area (Å²) in [6.45, 7) is 3.97. The van der Waals surface area contributed by atoms with Crippen LogP contribution in [0.4, 0.5) is 5.69 Å². The number of rotatable bonds is 7. The Morgan fingerprint density at radius 1 is 1.07 bits per heavy atom. The number of nitrogens with zero attached hydrogens (tertiary/aromatic N) is 2. The van der Waals surface area contributed by atoms with Crippen LogP contribution >= 0.6 is 0 Å². The molecule has 0 fully saturated rings. The molecule has 0 bridgehead atoms. The van der Waals surface area contributed by atoms with Crippen LogP contribution in [0.15, 0.2) is 64.7 Å². The number of methoxy groups -OCH3 is 1. The van der Waals surface area contributed by atoms with Gasteiger partial charge in [0.05, 0.1) is 31.5 Å². The Morgan fingerprint density at radius 3 is 2.30 bits per heavy atom. The summed E-state index contributed by atoms with van der Waals surface area (Å²) in [7, 11) is -2.37. The lowest BCUT2D eigenvalue weighted by molar-refractivity contribution is -0.112. The van der Waals surface area contributed by atoms with E-state index in [1.165, 1.54) is 13.1 Å². The second kappa shape index (κ2) is 9.00. The van der Waals surface area contributed by atoms with Gasteiger partial charge in [0.2, 0.25) is 0 Å². The molecule has 1 aliphatic rings. The molecule has 0 aliphatic carbocycles. The van der Waals surface area contributed by atoms with Crippen LogP contribution in [0.2, 0.25) is 0 Å². The SMILES string of the molecule is CCOc1ccc(NC(=O)C2=CN(Cc3ccc(OC)cc3)S(=O)(=O)N=C2C)cc1. The number of carbonyl (C=O) groups is 1. The second-order valence-corrected chi connectivity index (χ2v) is 8.05. The summed E-state index contributed by atoms with van der Waals surface area (Å²) in [4.78, 5) is 12.8. The molecule has 0 aromatic heterocycles. The van der Waals surface area contributed by atoms with E-state index in [0.29, 0.717) is 23.8 Å². The molecular weight excluding hydrogens is 406 g/mol. The molecule has 158 valence electrons. The number of ether oxygens (including phenoxy) is 2. The van der Waals surface area contributed by atoms with Crippen LogP contribution in [0.25, 0.3) is 0 Å². The molecule has 3 rings (SSSR count). The quantitative estimate of drug-likeness (QED) is 0.729. The van der Waals surface area contributed by atoms with Crippen molar-refractivity contribution in [3.63, 3.8) is 0 Å². The third kappa shape index (κ3) is 4.98. The fourth-order valence-corrected chi connectivity index (χ4v) is 3.94. The molecule has 0 saturated carbocycles. The first-order chi connectivity index (χ1) is 14.3. The van der Waals surface area contributed by atoms with Crippen LogP contribution in [0, 0.1) is 0 Å². The lowest BCUT2D eigenvalue weighted by Crippen LogP contribution is -2.32. The lowest BCUT2D eigenvalue weighted by atomic mass is 10.1. The van der Waals surface area contributed by atoms with Crippen LogP contribution in [-0.4, -0.2) is 38.1 Å². The van der Waals surface area contributed by atoms with Gasteiger partial charge in [-0.25, -0.2) is 0 Å². The van der Waals surface area contributed by atoms with Crippen molar-refractivity contribution in [2.45, 2.75) is 20.4 Å². The van der Waals surface area contributed by atoms with E-state index in [4.69, 9.17) is 9.47 Å². The van der Waals surface area contributed by atoms with Crippen LogP contribution in [-0.2, 0) is 21.5 Å². The zero-order chi connectivity index (χ0) is 21.7. The van der Waals surface area contributed by atoms with Crippen molar-refractivity contribution in [3.05, 3.63) is 65.9 Å². The van der Waals surface area contributed by atoms with Gasteiger partial charge >= 0.3 is 10.2 Å². The summed E-state index contributed by atoms with van der Waals surface area (Å²) in [6, 6.07) is 13.9. The topological polar surface area (TPSA) is 97.3 Å². The maximum Gasteiger partial charge on any atom is 0.344 e. The number of carbonyl (C=O) groups excluding carboxylic acids is 1. The zero-order valence-corrected chi connectivity index (χ0v) is 17.8. The third-order valence-corrected chi connectivity index (χ3v) is 5.71. The van der Waals surface area contributed by atoms with Gasteiger partial charge in [-0.2, -0.15) is 8.42 Å². The molecule has 8 nitrogen and oxygen atoms in total. The summed E-state index contributed by atoms with van der Waals surface area (Å²) in [5.41, 5.74) is 1.60. The van der Waals surface area contributed by atoms with Gasteiger partial charge in [0, 0.05) is 11.9 Å². The fraction of sp³-hybridized carbons (Fsp3) is 0.238. The van der Waals surface area contributed by atoms with E-state index in [2.05, 4.69) is 9.71 Å². The summed E-state index contributed by atoms with van der Waals surface area (Å²) in [6.07, 6.45) is 1.31. The van der Waals surface area contributed by atoms with Gasteiger partial charge in [-0.3, -0.25) is 9.10 Å². The van der Waals surface area contributed by atoms with Gasteiger partial charge in [0.25, 0.3) is 5.91 Å². The van der Waals surface area contributed by atoms with E-state index in [-0.39, 0.29) is 17.8 Å². The Balaban J connectivity index is 1.79. The second-order valence-electron chi connectivity index (χ2n) is 6.50. The first-order valence-electron chi connectivity index (χ1n) is 9.30. The highest BCUT2D eigenvalue weighted by molar-refractivity contribution is 7.88. The van der Waals surface area contributed by atoms with Crippen molar-refractivity contribution in [1.29, 1.82) is 0 Å². The molecular formula is C21H23N3O5S. The average Bonchev–Trinajstić information content (AvgIpc) is 2.71. The predicted molar refractivity (Wildman–Crippen MR) is 115 cm³/mol. The van der Waals surface area contributed by atoms with Gasteiger partial charge < -0.3 is 14.8 Å². The maximum atomic E-state index is 12.8. The van der Waals surface area contributed by atoms with E-state index >= 15 is 0 Å². The van der Waals surface area contributed by atoms with Crippen molar-refractivity contribution in [2.24, 2.45) is 4.40 Å². The maximum absolute atomic E-state index is 12.8. The normalized spacial score (nSPS) is 15.1. The zero-order valence-electron chi connectivity index (χ0n) is 17.0. The minimum Gasteiger partial charge on any atom is -0.497 e. The van der Waals surface area contributed by atoms with Crippen LogP contribution in [0.5, 0.6) is 11.5 Å². The monoisotopic (exact) mass is 429 g/mol. The van der Waals surface area contributed by atoms with E-state index < -0.39 is 16.1 Å². The molecule has 0 unspecified atom stereocenters. The van der Waals surface area contributed by atoms with Crippen molar-refractivity contribution in [1.82, 2.24) is 4.31 Å². The number of hydrogen-bond donors (Lipinski definition) is 1. The molecule has 2 aromatic rings. The highest BCUT2D eigenvalue weighted by Crippen LogP contribution is 2.22. The minimum absolute atomic E-state index is 0.0446. The van der Waals surface area contributed by atoms with Gasteiger partial charge in [-0.1, -0.05) is 12.1 Å². The molecule has 9 heteroatoms. The fourth-order valence-electron chi connectivity index (χ4n) is 2.84. The highest BCUT2D eigenvalue weighted by atomic mass is 32.2. The van der Waals surface area contributed by atoms with Gasteiger partial charge in [0.15, 0.2) is 0 Å². The van der Waals surface area contributed by atoms with Gasteiger partial charge in [0.1, 0.15) is 11.5 Å². The molecule has 0 radical (unpaired) electrons. The van der Waals surface area contributed by atoms with E-state index in [1.807, 2.05) is 6.92 Å². The average molecular weight is 429 g/mol. The standard InChI is InChI=1S/C21H23N3O5S/c1-4-29-19-11-7-17(8-12-19)22-21(25)20-14-24(30(26,27)23-15(20)2)13-16-5-9-18(28-3)10-6-16/h5-12,14H,4,13H2,1-3H3,(H,22,25). The predicted octanol–water partition coefficient (Wildman–Crippen LogP) is 3.14. The highest BCUT2D eigenvalue weighted by Gasteiger charge is 2.28. The lowest BCUT2D eigenvalue weighted by Gasteiger charge is -2.23. The van der Waals surface area contributed by atoms with Gasteiger partial charge in [-0.05, 0) is 55.8 Å². The van der Waals surface area contributed by atoms with E-state index in [1.54, 1.807) is 55.6 Å². The molecule has 0 spiro atoms. The number of amides is 1. The summed E-state index contributed by atoms with van der Waals surface area (Å²) >= 11 is 0. The molecule has 0 atom stereocenters. The third-order valence-electron chi connectivity index (χ3n) is 4.38. The molecule has 1 amide bonds. The number of anilines is 1. The number of nitrogens with one attached hydrogen (secondary N) is 1. The molecule has 2 aromatic carbocycles. The smallest absolute Gasteiger partial charge is 0.344 e. The summed E-state index contributed by atoms with van der Waals surface area (Å²) in [5, 5.41) is 2.76. The molecule has 30 heavy (non-hydrogen) atoms. The largest absolute Gasteiger partial charge is 0.497 e. The van der Waals surface area contributed by atoms with Gasteiger partial charge in [-0.15, -0.1) is 4.40 Å². The van der Waals surface area contributed by atoms with E-state index in [0.717, 1.165) is 9.87 Å². The Morgan fingerprint density at radius 2 is 1.70 bits per heavy atom. The van der Waals surface area contributed by atoms with Crippen LogP contribution < -0.4 is 14.8 Å². The Bertz CT molecular complexity index is 1070. The Labute approximate surface area is 176 Å². The Hall–Kier alpha value is -3.33. The van der Waals surface area contributed by atoms with Crippen molar-refractivity contribution >= 4 is 27.5 Å². The van der Waals surface area contributed by atoms with Crippen molar-refractivity contribution in [3.8, 4) is 11.5 Å². The number of benzene rings is 2. The molecule has 1 aliphatic heterocycles. The van der Waals surface area contributed by atoms with Crippen LogP contribution in [0.3, 0.4) is 0 Å². The summed E-state index contributed by atoms with van der Waals surface area (Å²) in [5.74, 6) is 0.914.